The average molecular weight is 300 g/mol. The minimum absolute atomic E-state index is 0.0641. The minimum atomic E-state index is -4.15. The Kier molecular flexibility index (Phi) is 6.53. The lowest BCUT2D eigenvalue weighted by Gasteiger charge is -2.19. The summed E-state index contributed by atoms with van der Waals surface area (Å²) in [5, 5.41) is 0. The van der Waals surface area contributed by atoms with Crippen molar-refractivity contribution in [3.8, 4) is 17.6 Å². The highest BCUT2D eigenvalue weighted by atomic mass is 19.4. The molecule has 0 saturated carbocycles. The molecule has 2 N–H and O–H groups in total. The van der Waals surface area contributed by atoms with Crippen molar-refractivity contribution in [1.82, 2.24) is 4.90 Å². The smallest absolute Gasteiger partial charge is 0.390 e. The molecule has 1 rings (SSSR count). The summed E-state index contributed by atoms with van der Waals surface area (Å²) in [6.07, 6.45) is -4.98. The number of rotatable bonds is 5. The van der Waals surface area contributed by atoms with Crippen LogP contribution in [0.1, 0.15) is 17.5 Å². The van der Waals surface area contributed by atoms with E-state index < -0.39 is 12.6 Å². The Balaban J connectivity index is 2.79. The number of ether oxygens (including phenoxy) is 1. The zero-order valence-electron chi connectivity index (χ0n) is 12.1. The first-order valence-electron chi connectivity index (χ1n) is 6.47. The van der Waals surface area contributed by atoms with Gasteiger partial charge in [-0.15, -0.1) is 0 Å². The van der Waals surface area contributed by atoms with Crippen LogP contribution in [0.3, 0.4) is 0 Å². The van der Waals surface area contributed by atoms with Crippen LogP contribution in [0.5, 0.6) is 5.75 Å². The van der Waals surface area contributed by atoms with E-state index in [4.69, 9.17) is 10.5 Å². The summed E-state index contributed by atoms with van der Waals surface area (Å²) < 4.78 is 41.9. The third-order valence-corrected chi connectivity index (χ3v) is 2.83. The Hall–Kier alpha value is -1.71. The van der Waals surface area contributed by atoms with Crippen LogP contribution in [-0.4, -0.2) is 38.3 Å². The molecule has 0 bridgehead atoms. The first kappa shape index (κ1) is 17.3. The van der Waals surface area contributed by atoms with E-state index in [0.717, 1.165) is 11.1 Å². The number of hydrogen-bond donors (Lipinski definition) is 1. The molecule has 0 aliphatic heterocycles. The molecule has 0 amide bonds. The van der Waals surface area contributed by atoms with Gasteiger partial charge in [0.25, 0.3) is 0 Å². The van der Waals surface area contributed by atoms with Gasteiger partial charge < -0.3 is 15.4 Å². The fourth-order valence-corrected chi connectivity index (χ4v) is 1.82. The molecule has 0 heterocycles. The van der Waals surface area contributed by atoms with Gasteiger partial charge in [0.1, 0.15) is 5.75 Å². The van der Waals surface area contributed by atoms with Crippen molar-refractivity contribution in [3.05, 3.63) is 29.3 Å². The van der Waals surface area contributed by atoms with Gasteiger partial charge in [-0.3, -0.25) is 0 Å². The van der Waals surface area contributed by atoms with Gasteiger partial charge in [0, 0.05) is 24.2 Å². The van der Waals surface area contributed by atoms with Gasteiger partial charge >= 0.3 is 6.18 Å². The number of benzene rings is 1. The van der Waals surface area contributed by atoms with E-state index in [-0.39, 0.29) is 13.1 Å². The molecule has 116 valence electrons. The summed E-state index contributed by atoms with van der Waals surface area (Å²) in [5.41, 5.74) is 6.88. The number of alkyl halides is 3. The maximum Gasteiger partial charge on any atom is 0.390 e. The molecule has 1 aromatic carbocycles. The summed E-state index contributed by atoms with van der Waals surface area (Å²) in [4.78, 5) is 1.60. The molecule has 0 aliphatic rings. The fraction of sp³-hybridized carbons (Fsp3) is 0.467. The lowest BCUT2D eigenvalue weighted by molar-refractivity contribution is -0.137. The summed E-state index contributed by atoms with van der Waals surface area (Å²) in [5.74, 6) is 6.27. The fourth-order valence-electron chi connectivity index (χ4n) is 1.82. The first-order chi connectivity index (χ1) is 9.85. The van der Waals surface area contributed by atoms with E-state index in [9.17, 15) is 13.2 Å². The molecular formula is C15H19F3N2O. The lowest BCUT2D eigenvalue weighted by Crippen LogP contribution is -2.24. The van der Waals surface area contributed by atoms with E-state index in [1.807, 2.05) is 6.07 Å². The molecule has 0 aliphatic carbocycles. The predicted molar refractivity (Wildman–Crippen MR) is 75.9 cm³/mol. The molecule has 6 heteroatoms. The summed E-state index contributed by atoms with van der Waals surface area (Å²) in [6, 6.07) is 5.36. The highest BCUT2D eigenvalue weighted by Crippen LogP contribution is 2.23. The van der Waals surface area contributed by atoms with Crippen molar-refractivity contribution in [2.45, 2.75) is 19.1 Å². The quantitative estimate of drug-likeness (QED) is 0.849. The Labute approximate surface area is 122 Å². The molecule has 1 aromatic rings. The van der Waals surface area contributed by atoms with Crippen LogP contribution in [-0.2, 0) is 6.54 Å². The molecule has 0 saturated heterocycles. The Morgan fingerprint density at radius 2 is 2.05 bits per heavy atom. The minimum Gasteiger partial charge on any atom is -0.496 e. The number of nitrogens with zero attached hydrogens (tertiary/aromatic N) is 1. The maximum absolute atomic E-state index is 12.2. The van der Waals surface area contributed by atoms with Gasteiger partial charge in [-0.05, 0) is 25.2 Å². The van der Waals surface area contributed by atoms with Crippen molar-refractivity contribution < 1.29 is 17.9 Å². The number of methoxy groups -OCH3 is 1. The van der Waals surface area contributed by atoms with Crippen LogP contribution >= 0.6 is 0 Å². The molecule has 0 spiro atoms. The topological polar surface area (TPSA) is 38.5 Å². The summed E-state index contributed by atoms with van der Waals surface area (Å²) in [6.45, 7) is 0.551. The third-order valence-electron chi connectivity index (χ3n) is 2.83. The van der Waals surface area contributed by atoms with E-state index in [2.05, 4.69) is 11.8 Å². The number of nitrogens with two attached hydrogens (primary N) is 1. The standard InChI is InChI=1S/C15H19F3N2O/c1-20(9-7-15(16,17)18)11-13-10-12(4-3-8-19)5-6-14(13)21-2/h5-6,10H,7-9,11,19H2,1-2H3. The molecule has 21 heavy (non-hydrogen) atoms. The highest BCUT2D eigenvalue weighted by molar-refractivity contribution is 5.44. The average Bonchev–Trinajstić information content (AvgIpc) is 2.42. The second-order valence-corrected chi connectivity index (χ2v) is 4.64. The molecule has 0 aromatic heterocycles. The monoisotopic (exact) mass is 300 g/mol. The van der Waals surface area contributed by atoms with Gasteiger partial charge in [-0.25, -0.2) is 0 Å². The largest absolute Gasteiger partial charge is 0.496 e. The third kappa shape index (κ3) is 6.52. The van der Waals surface area contributed by atoms with E-state index in [1.165, 1.54) is 7.11 Å². The zero-order valence-corrected chi connectivity index (χ0v) is 12.1. The highest BCUT2D eigenvalue weighted by Gasteiger charge is 2.27. The van der Waals surface area contributed by atoms with Crippen LogP contribution in [0.4, 0.5) is 13.2 Å². The maximum atomic E-state index is 12.2. The van der Waals surface area contributed by atoms with Crippen LogP contribution in [0.25, 0.3) is 0 Å². The summed E-state index contributed by atoms with van der Waals surface area (Å²) >= 11 is 0. The Bertz CT molecular complexity index is 518. The molecular weight excluding hydrogens is 281 g/mol. The second-order valence-electron chi connectivity index (χ2n) is 4.64. The van der Waals surface area contributed by atoms with Crippen LogP contribution in [0.15, 0.2) is 18.2 Å². The Morgan fingerprint density at radius 1 is 1.33 bits per heavy atom. The SMILES string of the molecule is COc1ccc(C#CCN)cc1CN(C)CCC(F)(F)F. The van der Waals surface area contributed by atoms with E-state index >= 15 is 0 Å². The van der Waals surface area contributed by atoms with E-state index in [0.29, 0.717) is 12.3 Å². The van der Waals surface area contributed by atoms with Crippen molar-refractivity contribution in [2.24, 2.45) is 5.73 Å². The van der Waals surface area contributed by atoms with Crippen molar-refractivity contribution in [1.29, 1.82) is 0 Å². The van der Waals surface area contributed by atoms with Gasteiger partial charge in [0.2, 0.25) is 0 Å². The molecule has 0 fully saturated rings. The van der Waals surface area contributed by atoms with Crippen LogP contribution in [0, 0.1) is 11.8 Å². The number of halogens is 3. The van der Waals surface area contributed by atoms with Crippen LogP contribution < -0.4 is 10.5 Å². The van der Waals surface area contributed by atoms with Gasteiger partial charge in [-0.1, -0.05) is 11.8 Å². The molecule has 3 nitrogen and oxygen atoms in total. The van der Waals surface area contributed by atoms with E-state index in [1.54, 1.807) is 24.1 Å². The van der Waals surface area contributed by atoms with Crippen molar-refractivity contribution in [2.75, 3.05) is 27.2 Å². The lowest BCUT2D eigenvalue weighted by atomic mass is 10.1. The van der Waals surface area contributed by atoms with Crippen molar-refractivity contribution >= 4 is 0 Å². The van der Waals surface area contributed by atoms with Crippen LogP contribution in [0.2, 0.25) is 0 Å². The predicted octanol–water partition coefficient (Wildman–Crippen LogP) is 2.39. The summed E-state index contributed by atoms with van der Waals surface area (Å²) in [7, 11) is 3.17. The Morgan fingerprint density at radius 3 is 2.62 bits per heavy atom. The molecule has 0 atom stereocenters. The van der Waals surface area contributed by atoms with Gasteiger partial charge in [0.15, 0.2) is 0 Å². The zero-order chi connectivity index (χ0) is 15.9. The van der Waals surface area contributed by atoms with Gasteiger partial charge in [0.05, 0.1) is 20.1 Å². The number of hydrogen-bond acceptors (Lipinski definition) is 3. The molecule has 0 radical (unpaired) electrons. The normalized spacial score (nSPS) is 11.2. The van der Waals surface area contributed by atoms with Crippen molar-refractivity contribution in [3.63, 3.8) is 0 Å². The van der Waals surface area contributed by atoms with Gasteiger partial charge in [-0.2, -0.15) is 13.2 Å². The first-order valence-corrected chi connectivity index (χ1v) is 6.47. The second kappa shape index (κ2) is 7.91. The molecule has 0 unspecified atom stereocenters.